The van der Waals surface area contributed by atoms with E-state index in [2.05, 4.69) is 10.6 Å². The van der Waals surface area contributed by atoms with Crippen molar-refractivity contribution in [1.82, 2.24) is 15.5 Å². The van der Waals surface area contributed by atoms with Gasteiger partial charge in [-0.15, -0.1) is 0 Å². The minimum Gasteiger partial charge on any atom is -0.466 e. The van der Waals surface area contributed by atoms with E-state index in [1.807, 2.05) is 56.3 Å². The van der Waals surface area contributed by atoms with Crippen LogP contribution in [0, 0.1) is 25.2 Å². The number of nitrogens with one attached hydrogen (secondary N) is 2. The largest absolute Gasteiger partial charge is 0.466 e. The Morgan fingerprint density at radius 1 is 1.02 bits per heavy atom. The highest BCUT2D eigenvalue weighted by Gasteiger charge is 2.37. The number of aryl methyl sites for hydroxylation is 1. The Morgan fingerprint density at radius 3 is 2.32 bits per heavy atom. The Bertz CT molecular complexity index is 1250. The zero-order chi connectivity index (χ0) is 30.6. The van der Waals surface area contributed by atoms with Crippen LogP contribution in [0.4, 0.5) is 4.79 Å². The Morgan fingerprint density at radius 2 is 1.71 bits per heavy atom. The summed E-state index contributed by atoms with van der Waals surface area (Å²) in [5, 5.41) is 15.1. The molecule has 2 rings (SSSR count). The molecule has 2 N–H and O–H groups in total. The first kappa shape index (κ1) is 32.8. The van der Waals surface area contributed by atoms with Crippen LogP contribution in [0.15, 0.2) is 48.5 Å². The van der Waals surface area contributed by atoms with Crippen LogP contribution in [-0.2, 0) is 30.3 Å². The maximum absolute atomic E-state index is 14.2. The lowest BCUT2D eigenvalue weighted by Crippen LogP contribution is -2.54. The molecule has 41 heavy (non-hydrogen) atoms. The topological polar surface area (TPSA) is 138 Å². The summed E-state index contributed by atoms with van der Waals surface area (Å²) in [5.74, 6) is -1.67. The number of rotatable bonds is 12. The lowest BCUT2D eigenvalue weighted by Gasteiger charge is -2.34. The molecule has 0 aliphatic rings. The Kier molecular flexibility index (Phi) is 12.3. The lowest BCUT2D eigenvalue weighted by molar-refractivity contribution is -0.144. The third-order valence-corrected chi connectivity index (χ3v) is 6.23. The normalized spacial score (nSPS) is 12.3. The maximum Gasteiger partial charge on any atom is 0.408 e. The van der Waals surface area contributed by atoms with Crippen LogP contribution < -0.4 is 10.6 Å². The standard InChI is InChI=1S/C31H40N4O6/c1-7-40-26(36)16-18-33-28(37)27(24-15-11-12-21(2)22(24)3)35(19-17-32)29(38)25(20-23-13-9-8-10-14-23)34-30(39)41-31(4,5)6/h8-15,25,27H,7,16,18-20H2,1-6H3,(H,33,37)(H,34,39). The van der Waals surface area contributed by atoms with Gasteiger partial charge in [-0.05, 0) is 63.8 Å². The number of ether oxygens (including phenoxy) is 2. The first-order valence-electron chi connectivity index (χ1n) is 13.6. The van der Waals surface area contributed by atoms with Gasteiger partial charge in [0.15, 0.2) is 0 Å². The van der Waals surface area contributed by atoms with Crippen molar-refractivity contribution in [2.24, 2.45) is 0 Å². The number of benzene rings is 2. The van der Waals surface area contributed by atoms with Gasteiger partial charge in [0.05, 0.1) is 19.1 Å². The minimum atomic E-state index is -1.21. The highest BCUT2D eigenvalue weighted by atomic mass is 16.6. The predicted molar refractivity (Wildman–Crippen MR) is 154 cm³/mol. The van der Waals surface area contributed by atoms with Gasteiger partial charge < -0.3 is 25.0 Å². The number of amides is 3. The van der Waals surface area contributed by atoms with E-state index < -0.39 is 48.1 Å². The molecule has 0 bridgehead atoms. The Balaban J connectivity index is 2.51. The fourth-order valence-corrected chi connectivity index (χ4v) is 4.21. The minimum absolute atomic E-state index is 0.0167. The third kappa shape index (κ3) is 10.3. The zero-order valence-corrected chi connectivity index (χ0v) is 24.7. The van der Waals surface area contributed by atoms with Gasteiger partial charge in [-0.3, -0.25) is 14.4 Å². The van der Waals surface area contributed by atoms with Crippen LogP contribution in [0.5, 0.6) is 0 Å². The van der Waals surface area contributed by atoms with Crippen LogP contribution in [0.3, 0.4) is 0 Å². The second kappa shape index (κ2) is 15.4. The summed E-state index contributed by atoms with van der Waals surface area (Å²) in [7, 11) is 0. The van der Waals surface area contributed by atoms with Crippen molar-refractivity contribution in [2.75, 3.05) is 19.7 Å². The van der Waals surface area contributed by atoms with E-state index in [-0.39, 0.29) is 26.0 Å². The molecule has 0 fully saturated rings. The quantitative estimate of drug-likeness (QED) is 0.295. The zero-order valence-electron chi connectivity index (χ0n) is 24.7. The van der Waals surface area contributed by atoms with E-state index in [0.717, 1.165) is 21.6 Å². The van der Waals surface area contributed by atoms with Crippen molar-refractivity contribution in [3.8, 4) is 6.07 Å². The van der Waals surface area contributed by atoms with Crippen molar-refractivity contribution < 1.29 is 28.7 Å². The van der Waals surface area contributed by atoms with Gasteiger partial charge in [-0.25, -0.2) is 4.79 Å². The molecule has 3 amide bonds. The number of nitriles is 1. The maximum atomic E-state index is 14.2. The summed E-state index contributed by atoms with van der Waals surface area (Å²) < 4.78 is 10.3. The molecule has 0 saturated heterocycles. The first-order valence-corrected chi connectivity index (χ1v) is 13.6. The molecular weight excluding hydrogens is 524 g/mol. The number of esters is 1. The summed E-state index contributed by atoms with van der Waals surface area (Å²) in [5.41, 5.74) is 2.15. The number of alkyl carbamates (subject to hydrolysis) is 1. The van der Waals surface area contributed by atoms with E-state index in [0.29, 0.717) is 5.56 Å². The second-order valence-corrected chi connectivity index (χ2v) is 10.6. The number of hydrogen-bond donors (Lipinski definition) is 2. The average molecular weight is 565 g/mol. The number of hydrogen-bond acceptors (Lipinski definition) is 7. The van der Waals surface area contributed by atoms with Gasteiger partial charge in [0.2, 0.25) is 11.8 Å². The summed E-state index contributed by atoms with van der Waals surface area (Å²) in [4.78, 5) is 53.6. The average Bonchev–Trinajstić information content (AvgIpc) is 2.89. The van der Waals surface area contributed by atoms with Crippen molar-refractivity contribution in [3.63, 3.8) is 0 Å². The summed E-state index contributed by atoms with van der Waals surface area (Å²) in [6, 6.07) is 14.1. The number of carbonyl (C=O) groups is 4. The molecule has 0 aromatic heterocycles. The lowest BCUT2D eigenvalue weighted by atomic mass is 9.94. The molecule has 10 heteroatoms. The van der Waals surface area contributed by atoms with Crippen LogP contribution >= 0.6 is 0 Å². The van der Waals surface area contributed by atoms with Gasteiger partial charge in [-0.1, -0.05) is 48.5 Å². The first-order chi connectivity index (χ1) is 19.4. The van der Waals surface area contributed by atoms with E-state index in [9.17, 15) is 24.4 Å². The van der Waals surface area contributed by atoms with Gasteiger partial charge in [-0.2, -0.15) is 5.26 Å². The molecule has 10 nitrogen and oxygen atoms in total. The van der Waals surface area contributed by atoms with Crippen LogP contribution in [0.2, 0.25) is 0 Å². The van der Waals surface area contributed by atoms with E-state index in [1.54, 1.807) is 39.8 Å². The van der Waals surface area contributed by atoms with Crippen molar-refractivity contribution in [3.05, 3.63) is 70.8 Å². The second-order valence-electron chi connectivity index (χ2n) is 10.6. The highest BCUT2D eigenvalue weighted by molar-refractivity contribution is 5.93. The van der Waals surface area contributed by atoms with E-state index in [1.165, 1.54) is 0 Å². The van der Waals surface area contributed by atoms with E-state index >= 15 is 0 Å². The summed E-state index contributed by atoms with van der Waals surface area (Å²) in [6.07, 6.45) is -0.752. The molecular formula is C31H40N4O6. The highest BCUT2D eigenvalue weighted by Crippen LogP contribution is 2.27. The molecule has 0 heterocycles. The summed E-state index contributed by atoms with van der Waals surface area (Å²) in [6.45, 7) is 10.3. The predicted octanol–water partition coefficient (Wildman–Crippen LogP) is 3.90. The van der Waals surface area contributed by atoms with Gasteiger partial charge in [0.1, 0.15) is 24.2 Å². The van der Waals surface area contributed by atoms with Crippen LogP contribution in [0.1, 0.15) is 62.4 Å². The van der Waals surface area contributed by atoms with Crippen molar-refractivity contribution in [1.29, 1.82) is 5.26 Å². The molecule has 0 aliphatic carbocycles. The summed E-state index contributed by atoms with van der Waals surface area (Å²) >= 11 is 0. The van der Waals surface area contributed by atoms with Crippen LogP contribution in [0.25, 0.3) is 0 Å². The van der Waals surface area contributed by atoms with Crippen LogP contribution in [-0.4, -0.2) is 60.1 Å². The van der Waals surface area contributed by atoms with Gasteiger partial charge in [0, 0.05) is 13.0 Å². The fourth-order valence-electron chi connectivity index (χ4n) is 4.21. The molecule has 2 atom stereocenters. The molecule has 0 radical (unpaired) electrons. The van der Waals surface area contributed by atoms with Crippen molar-refractivity contribution in [2.45, 2.75) is 72.1 Å². The molecule has 220 valence electrons. The van der Waals surface area contributed by atoms with Gasteiger partial charge >= 0.3 is 12.1 Å². The monoisotopic (exact) mass is 564 g/mol. The molecule has 0 spiro atoms. The number of carbonyl (C=O) groups excluding carboxylic acids is 4. The third-order valence-electron chi connectivity index (χ3n) is 6.23. The van der Waals surface area contributed by atoms with Crippen molar-refractivity contribution >= 4 is 23.9 Å². The SMILES string of the molecule is CCOC(=O)CCNC(=O)C(c1cccc(C)c1C)N(CC#N)C(=O)C(Cc1ccccc1)NC(=O)OC(C)(C)C. The molecule has 2 unspecified atom stereocenters. The molecule has 0 saturated carbocycles. The fraction of sp³-hybridized carbons (Fsp3) is 0.452. The Labute approximate surface area is 242 Å². The smallest absolute Gasteiger partial charge is 0.408 e. The van der Waals surface area contributed by atoms with E-state index in [4.69, 9.17) is 9.47 Å². The number of nitrogens with zero attached hydrogens (tertiary/aromatic N) is 2. The molecule has 0 aliphatic heterocycles. The van der Waals surface area contributed by atoms with Gasteiger partial charge in [0.25, 0.3) is 0 Å². The molecule has 2 aromatic carbocycles. The molecule has 2 aromatic rings. The Hall–Kier alpha value is -4.39.